The van der Waals surface area contributed by atoms with Crippen molar-refractivity contribution in [2.45, 2.75) is 19.0 Å². The Balaban J connectivity index is 2.81. The number of hydrogen-bond acceptors (Lipinski definition) is 1. The fourth-order valence-electron chi connectivity index (χ4n) is 1.10. The first-order chi connectivity index (χ1) is 7.45. The lowest BCUT2D eigenvalue weighted by Gasteiger charge is -2.17. The molecule has 0 spiro atoms. The number of hydrogen-bond donors (Lipinski definition) is 0. The minimum absolute atomic E-state index is 0.287. The molecule has 0 aliphatic rings. The maximum absolute atomic E-state index is 12.6. The van der Waals surface area contributed by atoms with Gasteiger partial charge >= 0.3 is 12.5 Å². The zero-order valence-electron chi connectivity index (χ0n) is 8.30. The van der Waals surface area contributed by atoms with E-state index in [1.165, 1.54) is 18.2 Å². The Morgan fingerprint density at radius 2 is 2.06 bits per heavy atom. The fourth-order valence-corrected chi connectivity index (χ4v) is 1.10. The summed E-state index contributed by atoms with van der Waals surface area (Å²) < 4.78 is 52.8. The van der Waals surface area contributed by atoms with Crippen LogP contribution in [-0.2, 0) is 6.42 Å². The molecule has 0 unspecified atom stereocenters. The highest BCUT2D eigenvalue weighted by Gasteiger charge is 2.43. The fraction of sp³-hybridized carbons (Fsp3) is 0.273. The number of rotatable bonds is 5. The van der Waals surface area contributed by atoms with Gasteiger partial charge in [-0.3, -0.25) is 0 Å². The Bertz CT molecular complexity index is 363. The van der Waals surface area contributed by atoms with Crippen molar-refractivity contribution in [1.82, 2.24) is 0 Å². The molecule has 0 aliphatic carbocycles. The zero-order valence-corrected chi connectivity index (χ0v) is 8.30. The molecule has 1 rings (SSSR count). The molecule has 0 bridgehead atoms. The van der Waals surface area contributed by atoms with Crippen molar-refractivity contribution in [3.05, 3.63) is 42.5 Å². The molecule has 88 valence electrons. The summed E-state index contributed by atoms with van der Waals surface area (Å²) in [7, 11) is 0. The molecule has 0 aliphatic heterocycles. The van der Waals surface area contributed by atoms with Gasteiger partial charge in [0.15, 0.2) is 0 Å². The molecule has 0 aromatic heterocycles. The summed E-state index contributed by atoms with van der Waals surface area (Å²) in [6.45, 7) is 3.48. The van der Waals surface area contributed by atoms with Crippen LogP contribution < -0.4 is 4.74 Å². The molecule has 0 amide bonds. The second-order valence-electron chi connectivity index (χ2n) is 3.10. The summed E-state index contributed by atoms with van der Waals surface area (Å²) in [6.07, 6.45) is -6.29. The largest absolute Gasteiger partial charge is 0.461 e. The lowest BCUT2D eigenvalue weighted by atomic mass is 10.1. The SMILES string of the molecule is C=CCc1cccc(OC(F)(F)C(F)F)c1. The lowest BCUT2D eigenvalue weighted by molar-refractivity contribution is -0.253. The number of benzene rings is 1. The van der Waals surface area contributed by atoms with Crippen molar-refractivity contribution < 1.29 is 22.3 Å². The van der Waals surface area contributed by atoms with Gasteiger partial charge in [-0.2, -0.15) is 17.6 Å². The molecule has 1 aromatic carbocycles. The molecule has 0 atom stereocenters. The van der Waals surface area contributed by atoms with E-state index < -0.39 is 12.5 Å². The topological polar surface area (TPSA) is 9.23 Å². The van der Waals surface area contributed by atoms with E-state index in [1.54, 1.807) is 12.1 Å². The summed E-state index contributed by atoms with van der Waals surface area (Å²) >= 11 is 0. The predicted octanol–water partition coefficient (Wildman–Crippen LogP) is 3.65. The summed E-state index contributed by atoms with van der Waals surface area (Å²) in [5, 5.41) is 0. The molecule has 16 heavy (non-hydrogen) atoms. The zero-order chi connectivity index (χ0) is 12.2. The number of halogens is 4. The maximum Gasteiger partial charge on any atom is 0.461 e. The number of alkyl halides is 4. The average Bonchev–Trinajstić information content (AvgIpc) is 2.17. The monoisotopic (exact) mass is 234 g/mol. The molecule has 0 heterocycles. The van der Waals surface area contributed by atoms with Crippen molar-refractivity contribution in [2.24, 2.45) is 0 Å². The van der Waals surface area contributed by atoms with Gasteiger partial charge in [0, 0.05) is 0 Å². The molecule has 1 nitrogen and oxygen atoms in total. The minimum atomic E-state index is -4.47. The Morgan fingerprint density at radius 1 is 1.38 bits per heavy atom. The van der Waals surface area contributed by atoms with E-state index in [9.17, 15) is 17.6 Å². The highest BCUT2D eigenvalue weighted by Crippen LogP contribution is 2.27. The van der Waals surface area contributed by atoms with Crippen LogP contribution >= 0.6 is 0 Å². The van der Waals surface area contributed by atoms with E-state index in [0.29, 0.717) is 12.0 Å². The molecular weight excluding hydrogens is 224 g/mol. The molecule has 0 N–H and O–H groups in total. The minimum Gasteiger partial charge on any atom is -0.428 e. The number of allylic oxidation sites excluding steroid dienone is 1. The van der Waals surface area contributed by atoms with E-state index in [-0.39, 0.29) is 5.75 Å². The van der Waals surface area contributed by atoms with Crippen LogP contribution in [0.5, 0.6) is 5.75 Å². The van der Waals surface area contributed by atoms with Gasteiger partial charge in [0.2, 0.25) is 0 Å². The first kappa shape index (κ1) is 12.5. The molecule has 0 fully saturated rings. The van der Waals surface area contributed by atoms with Crippen LogP contribution in [0.1, 0.15) is 5.56 Å². The van der Waals surface area contributed by atoms with Crippen LogP contribution in [0.3, 0.4) is 0 Å². The maximum atomic E-state index is 12.6. The summed E-state index contributed by atoms with van der Waals surface area (Å²) in [5.41, 5.74) is 0.664. The van der Waals surface area contributed by atoms with Gasteiger partial charge < -0.3 is 4.74 Å². The third-order valence-electron chi connectivity index (χ3n) is 1.79. The molecule has 1 aromatic rings. The Labute approximate surface area is 90.3 Å². The number of ether oxygens (including phenoxy) is 1. The van der Waals surface area contributed by atoms with Crippen molar-refractivity contribution >= 4 is 0 Å². The van der Waals surface area contributed by atoms with E-state index in [4.69, 9.17) is 0 Å². The van der Waals surface area contributed by atoms with Crippen LogP contribution in [0.15, 0.2) is 36.9 Å². The molecule has 0 saturated carbocycles. The van der Waals surface area contributed by atoms with E-state index in [1.807, 2.05) is 0 Å². The first-order valence-corrected chi connectivity index (χ1v) is 4.50. The molecule has 5 heteroatoms. The highest BCUT2D eigenvalue weighted by atomic mass is 19.3. The smallest absolute Gasteiger partial charge is 0.428 e. The second-order valence-corrected chi connectivity index (χ2v) is 3.10. The quantitative estimate of drug-likeness (QED) is 0.558. The van der Waals surface area contributed by atoms with Gasteiger partial charge in [-0.05, 0) is 24.1 Å². The van der Waals surface area contributed by atoms with Crippen molar-refractivity contribution in [3.8, 4) is 5.75 Å². The van der Waals surface area contributed by atoms with Crippen molar-refractivity contribution in [3.63, 3.8) is 0 Å². The van der Waals surface area contributed by atoms with E-state index >= 15 is 0 Å². The normalized spacial score (nSPS) is 11.6. The Morgan fingerprint density at radius 3 is 2.62 bits per heavy atom. The third kappa shape index (κ3) is 3.25. The van der Waals surface area contributed by atoms with Crippen LogP contribution in [0.4, 0.5) is 17.6 Å². The van der Waals surface area contributed by atoms with Gasteiger partial charge in [0.05, 0.1) is 0 Å². The van der Waals surface area contributed by atoms with Gasteiger partial charge in [-0.1, -0.05) is 18.2 Å². The Hall–Kier alpha value is -1.52. The average molecular weight is 234 g/mol. The Kier molecular flexibility index (Phi) is 3.93. The standard InChI is InChI=1S/C11H10F4O/c1-2-4-8-5-3-6-9(7-8)16-11(14,15)10(12)13/h2-3,5-7,10H,1,4H2. The van der Waals surface area contributed by atoms with Gasteiger partial charge in [-0.25, -0.2) is 0 Å². The van der Waals surface area contributed by atoms with Crippen LogP contribution in [0, 0.1) is 0 Å². The molecule has 0 radical (unpaired) electrons. The van der Waals surface area contributed by atoms with Crippen molar-refractivity contribution in [2.75, 3.05) is 0 Å². The van der Waals surface area contributed by atoms with Gasteiger partial charge in [0.25, 0.3) is 0 Å². The molecular formula is C11H10F4O. The molecule has 0 saturated heterocycles. The van der Waals surface area contributed by atoms with Crippen LogP contribution in [0.2, 0.25) is 0 Å². The van der Waals surface area contributed by atoms with Crippen LogP contribution in [-0.4, -0.2) is 12.5 Å². The summed E-state index contributed by atoms with van der Waals surface area (Å²) in [6, 6.07) is 5.59. The van der Waals surface area contributed by atoms with Gasteiger partial charge in [-0.15, -0.1) is 6.58 Å². The third-order valence-corrected chi connectivity index (χ3v) is 1.79. The lowest BCUT2D eigenvalue weighted by Crippen LogP contribution is -2.33. The van der Waals surface area contributed by atoms with Crippen LogP contribution in [0.25, 0.3) is 0 Å². The summed E-state index contributed by atoms with van der Waals surface area (Å²) in [5.74, 6) is -0.287. The van der Waals surface area contributed by atoms with Gasteiger partial charge in [0.1, 0.15) is 5.75 Å². The predicted molar refractivity (Wildman–Crippen MR) is 51.9 cm³/mol. The van der Waals surface area contributed by atoms with Crippen molar-refractivity contribution in [1.29, 1.82) is 0 Å². The second kappa shape index (κ2) is 5.01. The highest BCUT2D eigenvalue weighted by molar-refractivity contribution is 5.29. The van der Waals surface area contributed by atoms with E-state index in [2.05, 4.69) is 11.3 Å². The summed E-state index contributed by atoms with van der Waals surface area (Å²) in [4.78, 5) is 0. The first-order valence-electron chi connectivity index (χ1n) is 4.50. The van der Waals surface area contributed by atoms with E-state index in [0.717, 1.165) is 0 Å².